The van der Waals surface area contributed by atoms with Crippen molar-refractivity contribution in [2.45, 2.75) is 6.92 Å². The summed E-state index contributed by atoms with van der Waals surface area (Å²) < 4.78 is 0. The molecule has 1 aromatic carbocycles. The van der Waals surface area contributed by atoms with Crippen molar-refractivity contribution in [3.63, 3.8) is 0 Å². The smallest absolute Gasteiger partial charge is 0.328 e. The minimum absolute atomic E-state index is 0.757. The van der Waals surface area contributed by atoms with Crippen molar-refractivity contribution in [2.24, 2.45) is 0 Å². The van der Waals surface area contributed by atoms with Crippen LogP contribution < -0.4 is 4.90 Å². The molecule has 0 heterocycles. The highest BCUT2D eigenvalue weighted by Gasteiger charge is 1.99. The van der Waals surface area contributed by atoms with Crippen LogP contribution >= 0.6 is 0 Å². The average Bonchev–Trinajstić information content (AvgIpc) is 2.17. The van der Waals surface area contributed by atoms with Gasteiger partial charge in [-0.25, -0.2) is 4.79 Å². The molecule has 3 nitrogen and oxygen atoms in total. The zero-order chi connectivity index (χ0) is 11.4. The second-order valence-corrected chi connectivity index (χ2v) is 3.61. The molecule has 0 aliphatic rings. The number of hydrogen-bond acceptors (Lipinski definition) is 2. The van der Waals surface area contributed by atoms with Crippen LogP contribution in [0, 0.1) is 0 Å². The highest BCUT2D eigenvalue weighted by Crippen LogP contribution is 2.18. The van der Waals surface area contributed by atoms with E-state index in [9.17, 15) is 4.79 Å². The molecule has 0 amide bonds. The highest BCUT2D eigenvalue weighted by atomic mass is 16.4. The third-order valence-electron chi connectivity index (χ3n) is 2.18. The van der Waals surface area contributed by atoms with Gasteiger partial charge in [0.1, 0.15) is 0 Å². The Balaban J connectivity index is 2.94. The molecule has 0 atom stereocenters. The molecule has 0 aromatic heterocycles. The van der Waals surface area contributed by atoms with E-state index in [1.54, 1.807) is 6.92 Å². The summed E-state index contributed by atoms with van der Waals surface area (Å²) in [6.07, 6.45) is 1.21. The van der Waals surface area contributed by atoms with Crippen molar-refractivity contribution >= 4 is 17.2 Å². The molecule has 0 aliphatic carbocycles. The summed E-state index contributed by atoms with van der Waals surface area (Å²) in [6.45, 7) is 1.79. The van der Waals surface area contributed by atoms with Crippen LogP contribution in [-0.4, -0.2) is 25.2 Å². The molecule has 1 rings (SSSR count). The van der Waals surface area contributed by atoms with Crippen LogP contribution in [0.3, 0.4) is 0 Å². The van der Waals surface area contributed by atoms with Gasteiger partial charge in [-0.3, -0.25) is 0 Å². The van der Waals surface area contributed by atoms with Gasteiger partial charge in [-0.15, -0.1) is 0 Å². The fraction of sp³-hybridized carbons (Fsp3) is 0.250. The molecule has 0 saturated heterocycles. The third-order valence-corrected chi connectivity index (χ3v) is 2.18. The number of benzene rings is 1. The number of aliphatic carboxylic acids is 1. The van der Waals surface area contributed by atoms with Crippen molar-refractivity contribution in [2.75, 3.05) is 19.0 Å². The van der Waals surface area contributed by atoms with E-state index in [0.717, 1.165) is 16.8 Å². The lowest BCUT2D eigenvalue weighted by Crippen LogP contribution is -2.08. The van der Waals surface area contributed by atoms with Crippen LogP contribution in [0.4, 0.5) is 5.69 Å². The van der Waals surface area contributed by atoms with Gasteiger partial charge >= 0.3 is 5.97 Å². The van der Waals surface area contributed by atoms with E-state index in [1.807, 2.05) is 43.3 Å². The second-order valence-electron chi connectivity index (χ2n) is 3.61. The molecule has 0 aliphatic heterocycles. The van der Waals surface area contributed by atoms with Gasteiger partial charge in [0.15, 0.2) is 0 Å². The third kappa shape index (κ3) is 3.13. The van der Waals surface area contributed by atoms with Gasteiger partial charge in [0.2, 0.25) is 0 Å². The number of nitrogens with zero attached hydrogens (tertiary/aromatic N) is 1. The second kappa shape index (κ2) is 4.64. The van der Waals surface area contributed by atoms with E-state index in [-0.39, 0.29) is 0 Å². The lowest BCUT2D eigenvalue weighted by atomic mass is 10.1. The monoisotopic (exact) mass is 205 g/mol. The van der Waals surface area contributed by atoms with E-state index < -0.39 is 5.97 Å². The van der Waals surface area contributed by atoms with Gasteiger partial charge in [0.05, 0.1) is 0 Å². The van der Waals surface area contributed by atoms with E-state index in [0.29, 0.717) is 0 Å². The van der Waals surface area contributed by atoms with Gasteiger partial charge in [-0.05, 0) is 30.2 Å². The van der Waals surface area contributed by atoms with Crippen LogP contribution in [0.5, 0.6) is 0 Å². The van der Waals surface area contributed by atoms with Crippen LogP contribution in [0.2, 0.25) is 0 Å². The number of allylic oxidation sites excluding steroid dienone is 1. The number of carbonyl (C=O) groups is 1. The molecule has 0 bridgehead atoms. The minimum Gasteiger partial charge on any atom is -0.478 e. The van der Waals surface area contributed by atoms with Crippen molar-refractivity contribution < 1.29 is 9.90 Å². The number of hydrogen-bond donors (Lipinski definition) is 1. The van der Waals surface area contributed by atoms with E-state index in [1.165, 1.54) is 6.08 Å². The Hall–Kier alpha value is -1.77. The molecule has 1 N–H and O–H groups in total. The SMILES string of the molecule is C/C(=C\C(=O)O)c1ccc(N(C)C)cc1. The Morgan fingerprint density at radius 3 is 2.20 bits per heavy atom. The first-order chi connectivity index (χ1) is 7.00. The summed E-state index contributed by atoms with van der Waals surface area (Å²) >= 11 is 0. The molecule has 0 spiro atoms. The maximum absolute atomic E-state index is 10.5. The molecule has 80 valence electrons. The number of carboxylic acids is 1. The van der Waals surface area contributed by atoms with Crippen LogP contribution in [0.25, 0.3) is 5.57 Å². The molecule has 15 heavy (non-hydrogen) atoms. The largest absolute Gasteiger partial charge is 0.478 e. The first-order valence-corrected chi connectivity index (χ1v) is 4.69. The number of rotatable bonds is 3. The number of carboxylic acid groups (broad SMARTS) is 1. The summed E-state index contributed by atoms with van der Waals surface area (Å²) in [5, 5.41) is 8.60. The molecule has 3 heteroatoms. The summed E-state index contributed by atoms with van der Waals surface area (Å²) in [6, 6.07) is 7.78. The molecule has 0 saturated carbocycles. The summed E-state index contributed by atoms with van der Waals surface area (Å²) in [5.41, 5.74) is 2.79. The van der Waals surface area contributed by atoms with E-state index in [4.69, 9.17) is 5.11 Å². The van der Waals surface area contributed by atoms with E-state index in [2.05, 4.69) is 0 Å². The zero-order valence-corrected chi connectivity index (χ0v) is 9.19. The predicted molar refractivity (Wildman–Crippen MR) is 62.1 cm³/mol. The van der Waals surface area contributed by atoms with Gasteiger partial charge in [-0.2, -0.15) is 0 Å². The fourth-order valence-corrected chi connectivity index (χ4v) is 1.29. The van der Waals surface area contributed by atoms with Crippen molar-refractivity contribution in [1.29, 1.82) is 0 Å². The number of anilines is 1. The lowest BCUT2D eigenvalue weighted by Gasteiger charge is -2.12. The fourth-order valence-electron chi connectivity index (χ4n) is 1.29. The van der Waals surface area contributed by atoms with Crippen molar-refractivity contribution in [3.8, 4) is 0 Å². The van der Waals surface area contributed by atoms with Gasteiger partial charge in [0, 0.05) is 25.9 Å². The molecule has 1 aromatic rings. The standard InChI is InChI=1S/C12H15NO2/c1-9(8-12(14)15)10-4-6-11(7-5-10)13(2)3/h4-8H,1-3H3,(H,14,15)/b9-8+. The first-order valence-electron chi connectivity index (χ1n) is 4.69. The van der Waals surface area contributed by atoms with Gasteiger partial charge in [-0.1, -0.05) is 12.1 Å². The zero-order valence-electron chi connectivity index (χ0n) is 9.19. The Bertz CT molecular complexity index is 377. The Kier molecular flexibility index (Phi) is 3.50. The van der Waals surface area contributed by atoms with E-state index >= 15 is 0 Å². The molecule has 0 radical (unpaired) electrons. The van der Waals surface area contributed by atoms with Crippen LogP contribution in [-0.2, 0) is 4.79 Å². The Morgan fingerprint density at radius 2 is 1.80 bits per heavy atom. The average molecular weight is 205 g/mol. The lowest BCUT2D eigenvalue weighted by molar-refractivity contribution is -0.131. The first kappa shape index (κ1) is 11.3. The van der Waals surface area contributed by atoms with Gasteiger partial charge in [0.25, 0.3) is 0 Å². The Labute approximate surface area is 89.6 Å². The van der Waals surface area contributed by atoms with Crippen molar-refractivity contribution in [1.82, 2.24) is 0 Å². The molecule has 0 fully saturated rings. The maximum Gasteiger partial charge on any atom is 0.328 e. The highest BCUT2D eigenvalue weighted by molar-refractivity contribution is 5.89. The summed E-state index contributed by atoms with van der Waals surface area (Å²) in [5.74, 6) is -0.913. The predicted octanol–water partition coefficient (Wildman–Crippen LogP) is 2.24. The maximum atomic E-state index is 10.5. The van der Waals surface area contributed by atoms with Gasteiger partial charge < -0.3 is 10.0 Å². The van der Waals surface area contributed by atoms with Crippen LogP contribution in [0.15, 0.2) is 30.3 Å². The quantitative estimate of drug-likeness (QED) is 0.769. The van der Waals surface area contributed by atoms with Crippen molar-refractivity contribution in [3.05, 3.63) is 35.9 Å². The molecule has 0 unspecified atom stereocenters. The minimum atomic E-state index is -0.913. The normalized spacial score (nSPS) is 11.3. The topological polar surface area (TPSA) is 40.5 Å². The molecular formula is C12H15NO2. The summed E-state index contributed by atoms with van der Waals surface area (Å²) in [7, 11) is 3.93. The molecular weight excluding hydrogens is 190 g/mol. The summed E-state index contributed by atoms with van der Waals surface area (Å²) in [4.78, 5) is 12.5. The Morgan fingerprint density at radius 1 is 1.27 bits per heavy atom. The van der Waals surface area contributed by atoms with Crippen LogP contribution in [0.1, 0.15) is 12.5 Å².